The lowest BCUT2D eigenvalue weighted by Gasteiger charge is -2.04. The molecular weight excluding hydrogens is 312 g/mol. The fourth-order valence-electron chi connectivity index (χ4n) is 1.73. The number of anilines is 1. The van der Waals surface area contributed by atoms with Crippen LogP contribution in [-0.2, 0) is 16.6 Å². The van der Waals surface area contributed by atoms with E-state index in [9.17, 15) is 8.42 Å². The highest BCUT2D eigenvalue weighted by molar-refractivity contribution is 7.89. The Morgan fingerprint density at radius 1 is 1.38 bits per heavy atom. The molecule has 0 aliphatic heterocycles. The molecule has 0 unspecified atom stereocenters. The number of furan rings is 1. The van der Waals surface area contributed by atoms with Crippen LogP contribution in [0, 0.1) is 0 Å². The van der Waals surface area contributed by atoms with Crippen LogP contribution < -0.4 is 5.32 Å². The molecule has 0 aromatic carbocycles. The standard InChI is InChI=1S/C12H12N4O3S2/c1-21(17,18)16-12(13-8-9-4-3-7-20-9)14-11(15-16)10-5-2-6-19-10/h2-7H,8H2,1H3,(H,13,14,15). The zero-order valence-corrected chi connectivity index (χ0v) is 12.7. The molecular formula is C12H12N4O3S2. The third-order valence-corrected chi connectivity index (χ3v) is 4.39. The van der Waals surface area contributed by atoms with E-state index in [-0.39, 0.29) is 11.8 Å². The van der Waals surface area contributed by atoms with Crippen molar-refractivity contribution in [2.24, 2.45) is 0 Å². The van der Waals surface area contributed by atoms with Gasteiger partial charge in [0, 0.05) is 4.88 Å². The van der Waals surface area contributed by atoms with Gasteiger partial charge in [-0.3, -0.25) is 0 Å². The molecule has 7 nitrogen and oxygen atoms in total. The van der Waals surface area contributed by atoms with Gasteiger partial charge in [-0.1, -0.05) is 6.07 Å². The topological polar surface area (TPSA) is 90.0 Å². The van der Waals surface area contributed by atoms with E-state index in [0.717, 1.165) is 15.2 Å². The summed E-state index contributed by atoms with van der Waals surface area (Å²) in [6, 6.07) is 7.24. The highest BCUT2D eigenvalue weighted by Gasteiger charge is 2.19. The summed E-state index contributed by atoms with van der Waals surface area (Å²) in [6.45, 7) is 0.476. The van der Waals surface area contributed by atoms with Crippen LogP contribution in [0.15, 0.2) is 40.3 Å². The maximum Gasteiger partial charge on any atom is 0.254 e. The first-order valence-corrected chi connectivity index (χ1v) is 8.74. The molecule has 1 N–H and O–H groups in total. The fraction of sp³-hybridized carbons (Fsp3) is 0.167. The lowest BCUT2D eigenvalue weighted by atomic mass is 10.4. The van der Waals surface area contributed by atoms with Crippen LogP contribution in [0.5, 0.6) is 0 Å². The van der Waals surface area contributed by atoms with Crippen molar-refractivity contribution in [1.82, 2.24) is 14.2 Å². The molecule has 0 atom stereocenters. The van der Waals surface area contributed by atoms with Crippen LogP contribution in [0.4, 0.5) is 5.95 Å². The summed E-state index contributed by atoms with van der Waals surface area (Å²) in [7, 11) is -3.55. The molecule has 3 aromatic heterocycles. The summed E-state index contributed by atoms with van der Waals surface area (Å²) < 4.78 is 29.6. The zero-order valence-electron chi connectivity index (χ0n) is 11.1. The normalized spacial score (nSPS) is 11.7. The largest absolute Gasteiger partial charge is 0.461 e. The molecule has 0 aliphatic rings. The second-order valence-electron chi connectivity index (χ2n) is 4.28. The maximum absolute atomic E-state index is 11.8. The Morgan fingerprint density at radius 3 is 2.86 bits per heavy atom. The Kier molecular flexibility index (Phi) is 3.52. The van der Waals surface area contributed by atoms with Crippen LogP contribution in [-0.4, -0.2) is 28.8 Å². The highest BCUT2D eigenvalue weighted by atomic mass is 32.2. The summed E-state index contributed by atoms with van der Waals surface area (Å²) >= 11 is 1.57. The smallest absolute Gasteiger partial charge is 0.254 e. The Balaban J connectivity index is 1.94. The highest BCUT2D eigenvalue weighted by Crippen LogP contribution is 2.20. The minimum atomic E-state index is -3.55. The predicted octanol–water partition coefficient (Wildman–Crippen LogP) is 2.02. The van der Waals surface area contributed by atoms with E-state index in [1.807, 2.05) is 17.5 Å². The number of rotatable bonds is 5. The van der Waals surface area contributed by atoms with Gasteiger partial charge in [0.15, 0.2) is 5.76 Å². The second-order valence-corrected chi connectivity index (χ2v) is 7.12. The summed E-state index contributed by atoms with van der Waals surface area (Å²) in [5.41, 5.74) is 0. The Bertz CT molecular complexity index is 820. The van der Waals surface area contributed by atoms with Crippen molar-refractivity contribution < 1.29 is 12.8 Å². The maximum atomic E-state index is 11.8. The number of nitrogens with one attached hydrogen (secondary N) is 1. The van der Waals surface area contributed by atoms with Gasteiger partial charge in [0.1, 0.15) is 0 Å². The van der Waals surface area contributed by atoms with Crippen molar-refractivity contribution in [3.05, 3.63) is 40.8 Å². The molecule has 0 fully saturated rings. The molecule has 3 aromatic rings. The SMILES string of the molecule is CS(=O)(=O)n1nc(-c2ccco2)nc1NCc1cccs1. The first kappa shape index (κ1) is 13.8. The van der Waals surface area contributed by atoms with Gasteiger partial charge in [0.25, 0.3) is 10.0 Å². The lowest BCUT2D eigenvalue weighted by Crippen LogP contribution is -2.16. The summed E-state index contributed by atoms with van der Waals surface area (Å²) in [6.07, 6.45) is 2.55. The van der Waals surface area contributed by atoms with Gasteiger partial charge in [0.05, 0.1) is 19.1 Å². The molecule has 110 valence electrons. The monoisotopic (exact) mass is 324 g/mol. The Morgan fingerprint density at radius 2 is 2.24 bits per heavy atom. The molecule has 21 heavy (non-hydrogen) atoms. The van der Waals surface area contributed by atoms with Crippen molar-refractivity contribution in [3.63, 3.8) is 0 Å². The van der Waals surface area contributed by atoms with E-state index < -0.39 is 10.0 Å². The lowest BCUT2D eigenvalue weighted by molar-refractivity contribution is 0.575. The van der Waals surface area contributed by atoms with Gasteiger partial charge in [-0.25, -0.2) is 8.42 Å². The number of aromatic nitrogens is 3. The van der Waals surface area contributed by atoms with Crippen LogP contribution in [0.25, 0.3) is 11.6 Å². The van der Waals surface area contributed by atoms with Crippen molar-refractivity contribution in [2.75, 3.05) is 11.6 Å². The van der Waals surface area contributed by atoms with Crippen LogP contribution in [0.2, 0.25) is 0 Å². The van der Waals surface area contributed by atoms with Crippen LogP contribution in [0.1, 0.15) is 4.88 Å². The van der Waals surface area contributed by atoms with Gasteiger partial charge >= 0.3 is 0 Å². The van der Waals surface area contributed by atoms with E-state index in [1.165, 1.54) is 6.26 Å². The number of nitrogens with zero attached hydrogens (tertiary/aromatic N) is 3. The Labute approximate surface area is 125 Å². The quantitative estimate of drug-likeness (QED) is 0.772. The summed E-state index contributed by atoms with van der Waals surface area (Å²) in [4.78, 5) is 5.26. The number of hydrogen-bond donors (Lipinski definition) is 1. The predicted molar refractivity (Wildman–Crippen MR) is 79.6 cm³/mol. The molecule has 3 rings (SSSR count). The molecule has 0 aliphatic carbocycles. The zero-order chi connectivity index (χ0) is 14.9. The van der Waals surface area contributed by atoms with Crippen molar-refractivity contribution in [2.45, 2.75) is 6.54 Å². The molecule has 0 radical (unpaired) electrons. The Hall–Kier alpha value is -2.13. The van der Waals surface area contributed by atoms with E-state index in [4.69, 9.17) is 4.42 Å². The van der Waals surface area contributed by atoms with Crippen LogP contribution in [0.3, 0.4) is 0 Å². The summed E-state index contributed by atoms with van der Waals surface area (Å²) in [5, 5.41) is 8.92. The van der Waals surface area contributed by atoms with E-state index in [0.29, 0.717) is 12.3 Å². The van der Waals surface area contributed by atoms with E-state index >= 15 is 0 Å². The third-order valence-electron chi connectivity index (χ3n) is 2.64. The first-order chi connectivity index (χ1) is 10.0. The minimum Gasteiger partial charge on any atom is -0.461 e. The van der Waals surface area contributed by atoms with Crippen molar-refractivity contribution >= 4 is 27.3 Å². The number of hydrogen-bond acceptors (Lipinski definition) is 7. The van der Waals surface area contributed by atoms with Gasteiger partial charge in [-0.2, -0.15) is 4.98 Å². The summed E-state index contributed by atoms with van der Waals surface area (Å²) in [5.74, 6) is 0.799. The van der Waals surface area contributed by atoms with E-state index in [2.05, 4.69) is 15.4 Å². The molecule has 0 spiro atoms. The average molecular weight is 324 g/mol. The van der Waals surface area contributed by atoms with E-state index in [1.54, 1.807) is 23.5 Å². The molecule has 0 saturated carbocycles. The van der Waals surface area contributed by atoms with Gasteiger partial charge in [-0.15, -0.1) is 20.5 Å². The fourth-order valence-corrected chi connectivity index (χ4v) is 3.02. The van der Waals surface area contributed by atoms with Gasteiger partial charge in [0.2, 0.25) is 11.8 Å². The number of thiophene rings is 1. The second kappa shape index (κ2) is 5.34. The van der Waals surface area contributed by atoms with Gasteiger partial charge < -0.3 is 9.73 Å². The van der Waals surface area contributed by atoms with Crippen molar-refractivity contribution in [3.8, 4) is 11.6 Å². The van der Waals surface area contributed by atoms with Gasteiger partial charge in [-0.05, 0) is 23.6 Å². The first-order valence-electron chi connectivity index (χ1n) is 6.02. The van der Waals surface area contributed by atoms with Crippen molar-refractivity contribution in [1.29, 1.82) is 0 Å². The molecule has 3 heterocycles. The molecule has 9 heteroatoms. The molecule has 0 saturated heterocycles. The average Bonchev–Trinajstić information content (AvgIpc) is 3.16. The van der Waals surface area contributed by atoms with Crippen LogP contribution >= 0.6 is 11.3 Å². The molecule has 0 bridgehead atoms. The third kappa shape index (κ3) is 2.98. The molecule has 0 amide bonds. The minimum absolute atomic E-state index is 0.164.